The molecule has 0 atom stereocenters. The topological polar surface area (TPSA) is 90.1 Å². The Morgan fingerprint density at radius 1 is 1.24 bits per heavy atom. The lowest BCUT2D eigenvalue weighted by Gasteiger charge is -2.10. The molecule has 2 heterocycles. The zero-order valence-electron chi connectivity index (χ0n) is 14.0. The number of hydrogen-bond donors (Lipinski definition) is 1. The highest BCUT2D eigenvalue weighted by Gasteiger charge is 2.12. The zero-order valence-corrected chi connectivity index (χ0v) is 14.0. The third-order valence-corrected chi connectivity index (χ3v) is 3.60. The molecule has 7 nitrogen and oxygen atoms in total. The number of nitrogens with one attached hydrogen (secondary N) is 1. The molecule has 0 aliphatic carbocycles. The molecule has 3 rings (SSSR count). The first-order valence-electron chi connectivity index (χ1n) is 7.83. The molecule has 1 aromatic carbocycles. The van der Waals surface area contributed by atoms with Gasteiger partial charge < -0.3 is 14.6 Å². The molecule has 0 fully saturated rings. The Kier molecular flexibility index (Phi) is 5.03. The summed E-state index contributed by atoms with van der Waals surface area (Å²) in [5.74, 6) is 1.38. The number of pyridine rings is 1. The van der Waals surface area contributed by atoms with E-state index in [4.69, 9.17) is 9.26 Å². The van der Waals surface area contributed by atoms with E-state index in [1.807, 2.05) is 25.1 Å². The van der Waals surface area contributed by atoms with Crippen molar-refractivity contribution in [2.45, 2.75) is 19.8 Å². The van der Waals surface area contributed by atoms with Crippen LogP contribution in [0, 0.1) is 6.92 Å². The second-order valence-corrected chi connectivity index (χ2v) is 5.50. The molecule has 0 bridgehead atoms. The average molecular weight is 338 g/mol. The normalized spacial score (nSPS) is 10.5. The fourth-order valence-electron chi connectivity index (χ4n) is 2.33. The van der Waals surface area contributed by atoms with Gasteiger partial charge in [-0.15, -0.1) is 0 Å². The Bertz CT molecular complexity index is 862. The summed E-state index contributed by atoms with van der Waals surface area (Å²) in [6, 6.07) is 9.21. The van der Waals surface area contributed by atoms with Crippen LogP contribution in [0.25, 0.3) is 11.4 Å². The molecule has 0 unspecified atom stereocenters. The minimum absolute atomic E-state index is 0.146. The minimum atomic E-state index is -0.146. The monoisotopic (exact) mass is 338 g/mol. The maximum Gasteiger partial charge on any atom is 0.227 e. The van der Waals surface area contributed by atoms with E-state index in [9.17, 15) is 4.79 Å². The van der Waals surface area contributed by atoms with Crippen molar-refractivity contribution in [3.63, 3.8) is 0 Å². The van der Waals surface area contributed by atoms with Crippen LogP contribution in [-0.4, -0.2) is 28.1 Å². The van der Waals surface area contributed by atoms with Gasteiger partial charge >= 0.3 is 0 Å². The van der Waals surface area contributed by atoms with E-state index in [-0.39, 0.29) is 12.3 Å². The average Bonchev–Trinajstić information content (AvgIpc) is 3.10. The second kappa shape index (κ2) is 7.57. The maximum atomic E-state index is 12.2. The quantitative estimate of drug-likeness (QED) is 0.743. The van der Waals surface area contributed by atoms with Crippen LogP contribution in [0.3, 0.4) is 0 Å². The lowest BCUT2D eigenvalue weighted by Crippen LogP contribution is -2.13. The summed E-state index contributed by atoms with van der Waals surface area (Å²) in [5.41, 5.74) is 2.50. The minimum Gasteiger partial charge on any atom is -0.495 e. The lowest BCUT2D eigenvalue weighted by molar-refractivity contribution is -0.116. The number of amides is 1. The van der Waals surface area contributed by atoms with Gasteiger partial charge in [-0.05, 0) is 36.8 Å². The summed E-state index contributed by atoms with van der Waals surface area (Å²) in [4.78, 5) is 20.4. The van der Waals surface area contributed by atoms with Crippen LogP contribution in [-0.2, 0) is 11.2 Å². The largest absolute Gasteiger partial charge is 0.495 e. The SMILES string of the molecule is COc1ccc(C)cc1NC(=O)CCc1nc(-c2ccncc2)no1. The number of rotatable bonds is 6. The molecule has 1 amide bonds. The van der Waals surface area contributed by atoms with Crippen LogP contribution in [0.4, 0.5) is 5.69 Å². The van der Waals surface area contributed by atoms with Gasteiger partial charge in [0.15, 0.2) is 0 Å². The Morgan fingerprint density at radius 3 is 2.80 bits per heavy atom. The van der Waals surface area contributed by atoms with E-state index < -0.39 is 0 Å². The number of hydrogen-bond acceptors (Lipinski definition) is 6. The molecular formula is C18H18N4O3. The fourth-order valence-corrected chi connectivity index (χ4v) is 2.33. The Hall–Kier alpha value is -3.22. The van der Waals surface area contributed by atoms with Gasteiger partial charge in [0.1, 0.15) is 5.75 Å². The Morgan fingerprint density at radius 2 is 2.04 bits per heavy atom. The Balaban J connectivity index is 1.60. The van der Waals surface area contributed by atoms with E-state index in [1.165, 1.54) is 0 Å². The highest BCUT2D eigenvalue weighted by atomic mass is 16.5. The first kappa shape index (κ1) is 16.6. The smallest absolute Gasteiger partial charge is 0.227 e. The molecule has 0 radical (unpaired) electrons. The standard InChI is InChI=1S/C18H18N4O3/c1-12-3-4-15(24-2)14(11-12)20-16(23)5-6-17-21-18(22-25-17)13-7-9-19-10-8-13/h3-4,7-11H,5-6H2,1-2H3,(H,20,23). The van der Waals surface area contributed by atoms with Crippen molar-refractivity contribution < 1.29 is 14.1 Å². The third-order valence-electron chi connectivity index (χ3n) is 3.60. The van der Waals surface area contributed by atoms with Gasteiger partial charge in [0.05, 0.1) is 12.8 Å². The number of carbonyl (C=O) groups excluding carboxylic acids is 1. The number of benzene rings is 1. The Labute approximate surface area is 145 Å². The van der Waals surface area contributed by atoms with Crippen molar-refractivity contribution in [3.8, 4) is 17.1 Å². The number of nitrogens with zero attached hydrogens (tertiary/aromatic N) is 3. The number of aryl methyl sites for hydroxylation is 2. The van der Waals surface area contributed by atoms with Crippen molar-refractivity contribution in [2.75, 3.05) is 12.4 Å². The summed E-state index contributed by atoms with van der Waals surface area (Å²) in [6.07, 6.45) is 3.91. The molecule has 25 heavy (non-hydrogen) atoms. The predicted molar refractivity (Wildman–Crippen MR) is 92.2 cm³/mol. The molecule has 7 heteroatoms. The van der Waals surface area contributed by atoms with Crippen LogP contribution >= 0.6 is 0 Å². The van der Waals surface area contributed by atoms with E-state index in [0.29, 0.717) is 29.6 Å². The summed E-state index contributed by atoms with van der Waals surface area (Å²) < 4.78 is 10.5. The molecule has 0 spiro atoms. The van der Waals surface area contributed by atoms with Crippen molar-refractivity contribution >= 4 is 11.6 Å². The number of anilines is 1. The summed E-state index contributed by atoms with van der Waals surface area (Å²) >= 11 is 0. The molecule has 3 aromatic rings. The van der Waals surface area contributed by atoms with Gasteiger partial charge in [-0.25, -0.2) is 0 Å². The van der Waals surface area contributed by atoms with Gasteiger partial charge in [-0.3, -0.25) is 9.78 Å². The van der Waals surface area contributed by atoms with E-state index in [0.717, 1.165) is 11.1 Å². The third kappa shape index (κ3) is 4.20. The van der Waals surface area contributed by atoms with Crippen LogP contribution in [0.1, 0.15) is 17.9 Å². The zero-order chi connectivity index (χ0) is 17.6. The van der Waals surface area contributed by atoms with Gasteiger partial charge in [-0.2, -0.15) is 4.98 Å². The highest BCUT2D eigenvalue weighted by molar-refractivity contribution is 5.92. The predicted octanol–water partition coefficient (Wildman–Crippen LogP) is 3.02. The van der Waals surface area contributed by atoms with Gasteiger partial charge in [0.2, 0.25) is 17.6 Å². The van der Waals surface area contributed by atoms with Crippen molar-refractivity contribution in [3.05, 3.63) is 54.2 Å². The number of methoxy groups -OCH3 is 1. The number of carbonyl (C=O) groups is 1. The van der Waals surface area contributed by atoms with Crippen LogP contribution in [0.5, 0.6) is 5.75 Å². The van der Waals surface area contributed by atoms with Crippen molar-refractivity contribution in [2.24, 2.45) is 0 Å². The van der Waals surface area contributed by atoms with Crippen LogP contribution < -0.4 is 10.1 Å². The molecule has 0 saturated carbocycles. The summed E-state index contributed by atoms with van der Waals surface area (Å²) in [6.45, 7) is 1.95. The molecule has 0 saturated heterocycles. The van der Waals surface area contributed by atoms with Crippen molar-refractivity contribution in [1.82, 2.24) is 15.1 Å². The second-order valence-electron chi connectivity index (χ2n) is 5.50. The number of aromatic nitrogens is 3. The fraction of sp³-hybridized carbons (Fsp3) is 0.222. The maximum absolute atomic E-state index is 12.2. The first-order valence-corrected chi connectivity index (χ1v) is 7.83. The number of ether oxygens (including phenoxy) is 1. The lowest BCUT2D eigenvalue weighted by atomic mass is 10.2. The van der Waals surface area contributed by atoms with E-state index in [2.05, 4.69) is 20.4 Å². The molecule has 0 aliphatic rings. The van der Waals surface area contributed by atoms with Crippen LogP contribution in [0.15, 0.2) is 47.2 Å². The summed E-state index contributed by atoms with van der Waals surface area (Å²) in [5, 5.41) is 6.77. The summed E-state index contributed by atoms with van der Waals surface area (Å²) in [7, 11) is 1.57. The molecular weight excluding hydrogens is 320 g/mol. The van der Waals surface area contributed by atoms with Crippen LogP contribution in [0.2, 0.25) is 0 Å². The molecule has 0 aliphatic heterocycles. The van der Waals surface area contributed by atoms with Gasteiger partial charge in [0, 0.05) is 30.8 Å². The molecule has 128 valence electrons. The van der Waals surface area contributed by atoms with Gasteiger partial charge in [-0.1, -0.05) is 11.2 Å². The highest BCUT2D eigenvalue weighted by Crippen LogP contribution is 2.25. The van der Waals surface area contributed by atoms with E-state index >= 15 is 0 Å². The first-order chi connectivity index (χ1) is 12.2. The molecule has 1 N–H and O–H groups in total. The van der Waals surface area contributed by atoms with Gasteiger partial charge in [0.25, 0.3) is 0 Å². The van der Waals surface area contributed by atoms with E-state index in [1.54, 1.807) is 31.6 Å². The van der Waals surface area contributed by atoms with Crippen molar-refractivity contribution in [1.29, 1.82) is 0 Å². The molecule has 2 aromatic heterocycles.